The van der Waals surface area contributed by atoms with Crippen LogP contribution >= 0.6 is 11.3 Å². The number of methoxy groups -OCH3 is 1. The van der Waals surface area contributed by atoms with Gasteiger partial charge in [-0.1, -0.05) is 24.3 Å². The van der Waals surface area contributed by atoms with Crippen LogP contribution in [0.1, 0.15) is 21.6 Å². The predicted molar refractivity (Wildman–Crippen MR) is 103 cm³/mol. The number of nitrogens with one attached hydrogen (secondary N) is 2. The molecular weight excluding hydrogens is 364 g/mol. The summed E-state index contributed by atoms with van der Waals surface area (Å²) in [4.78, 5) is 32.7. The van der Waals surface area contributed by atoms with Crippen LogP contribution in [0.25, 0.3) is 0 Å². The van der Waals surface area contributed by atoms with Gasteiger partial charge < -0.3 is 10.1 Å². The van der Waals surface area contributed by atoms with Gasteiger partial charge in [-0.2, -0.15) is 0 Å². The van der Waals surface area contributed by atoms with E-state index in [1.54, 1.807) is 41.9 Å². The Hall–Kier alpha value is -3.26. The maximum Gasteiger partial charge on any atom is 0.257 e. The van der Waals surface area contributed by atoms with Crippen molar-refractivity contribution in [3.63, 3.8) is 0 Å². The summed E-state index contributed by atoms with van der Waals surface area (Å²) in [7, 11) is 1.54. The Kier molecular flexibility index (Phi) is 6.11. The first-order valence-corrected chi connectivity index (χ1v) is 9.09. The van der Waals surface area contributed by atoms with Crippen molar-refractivity contribution in [2.45, 2.75) is 13.0 Å². The van der Waals surface area contributed by atoms with E-state index in [0.717, 1.165) is 5.56 Å². The summed E-state index contributed by atoms with van der Waals surface area (Å²) >= 11 is 1.28. The Bertz CT molecular complexity index is 927. The molecule has 0 unspecified atom stereocenters. The average molecular weight is 382 g/mol. The molecule has 27 heavy (non-hydrogen) atoms. The molecule has 0 saturated heterocycles. The van der Waals surface area contributed by atoms with Gasteiger partial charge in [0.05, 0.1) is 19.2 Å². The van der Waals surface area contributed by atoms with Gasteiger partial charge >= 0.3 is 0 Å². The van der Waals surface area contributed by atoms with Crippen molar-refractivity contribution in [3.05, 3.63) is 70.9 Å². The molecule has 0 aliphatic heterocycles. The molecule has 2 heterocycles. The van der Waals surface area contributed by atoms with Crippen LogP contribution in [0.15, 0.2) is 54.0 Å². The maximum absolute atomic E-state index is 12.1. The molecule has 8 heteroatoms. The van der Waals surface area contributed by atoms with E-state index in [4.69, 9.17) is 4.74 Å². The van der Waals surface area contributed by atoms with Gasteiger partial charge in [-0.15, -0.1) is 11.3 Å². The monoisotopic (exact) mass is 382 g/mol. The molecule has 3 rings (SSSR count). The SMILES string of the molecule is COc1ncccc1CNC(=O)Cc1csc(NC(=O)c2ccccc2)n1. The summed E-state index contributed by atoms with van der Waals surface area (Å²) in [6, 6.07) is 12.5. The number of pyridine rings is 1. The standard InChI is InChI=1S/C19H18N4O3S/c1-26-18-14(8-5-9-20-18)11-21-16(24)10-15-12-27-19(22-15)23-17(25)13-6-3-2-4-7-13/h2-9,12H,10-11H2,1H3,(H,21,24)(H,22,23,25). The molecule has 2 aromatic heterocycles. The van der Waals surface area contributed by atoms with Crippen LogP contribution in [0.4, 0.5) is 5.13 Å². The minimum Gasteiger partial charge on any atom is -0.481 e. The van der Waals surface area contributed by atoms with Crippen molar-refractivity contribution in [3.8, 4) is 5.88 Å². The fourth-order valence-electron chi connectivity index (χ4n) is 2.37. The van der Waals surface area contributed by atoms with Crippen LogP contribution in [-0.4, -0.2) is 28.9 Å². The molecule has 0 fully saturated rings. The molecular formula is C19H18N4O3S. The highest BCUT2D eigenvalue weighted by molar-refractivity contribution is 7.14. The third-order valence-corrected chi connectivity index (χ3v) is 4.48. The van der Waals surface area contributed by atoms with Gasteiger partial charge in [-0.25, -0.2) is 9.97 Å². The quantitative estimate of drug-likeness (QED) is 0.655. The highest BCUT2D eigenvalue weighted by Crippen LogP contribution is 2.17. The van der Waals surface area contributed by atoms with Crippen molar-refractivity contribution >= 4 is 28.3 Å². The normalized spacial score (nSPS) is 10.3. The second-order valence-corrected chi connectivity index (χ2v) is 6.45. The van der Waals surface area contributed by atoms with Gasteiger partial charge in [-0.05, 0) is 18.2 Å². The molecule has 0 atom stereocenters. The molecule has 0 aliphatic rings. The number of nitrogens with zero attached hydrogens (tertiary/aromatic N) is 2. The molecule has 3 aromatic rings. The molecule has 2 N–H and O–H groups in total. The number of hydrogen-bond donors (Lipinski definition) is 2. The molecule has 138 valence electrons. The van der Waals surface area contributed by atoms with Crippen molar-refractivity contribution < 1.29 is 14.3 Å². The van der Waals surface area contributed by atoms with Gasteiger partial charge in [0, 0.05) is 29.2 Å². The van der Waals surface area contributed by atoms with Crippen molar-refractivity contribution in [2.75, 3.05) is 12.4 Å². The van der Waals surface area contributed by atoms with Crippen LogP contribution in [-0.2, 0) is 17.8 Å². The number of ether oxygens (including phenoxy) is 1. The summed E-state index contributed by atoms with van der Waals surface area (Å²) in [5, 5.41) is 7.77. The number of thiazole rings is 1. The Morgan fingerprint density at radius 3 is 2.74 bits per heavy atom. The summed E-state index contributed by atoms with van der Waals surface area (Å²) in [6.07, 6.45) is 1.75. The number of amides is 2. The van der Waals surface area contributed by atoms with Crippen molar-refractivity contribution in [1.29, 1.82) is 0 Å². The average Bonchev–Trinajstić information content (AvgIpc) is 3.13. The first-order valence-electron chi connectivity index (χ1n) is 8.21. The molecule has 0 bridgehead atoms. The molecule has 1 aromatic carbocycles. The zero-order valence-corrected chi connectivity index (χ0v) is 15.5. The van der Waals surface area contributed by atoms with Crippen LogP contribution in [0.2, 0.25) is 0 Å². The number of aromatic nitrogens is 2. The third kappa shape index (κ3) is 5.11. The maximum atomic E-state index is 12.1. The van der Waals surface area contributed by atoms with E-state index in [1.807, 2.05) is 12.1 Å². The lowest BCUT2D eigenvalue weighted by Crippen LogP contribution is -2.25. The summed E-state index contributed by atoms with van der Waals surface area (Å²) < 4.78 is 5.16. The Balaban J connectivity index is 1.53. The van der Waals surface area contributed by atoms with Gasteiger partial charge in [0.25, 0.3) is 5.91 Å². The minimum atomic E-state index is -0.232. The van der Waals surface area contributed by atoms with Crippen molar-refractivity contribution in [2.24, 2.45) is 0 Å². The van der Waals surface area contributed by atoms with Crippen molar-refractivity contribution in [1.82, 2.24) is 15.3 Å². The van der Waals surface area contributed by atoms with E-state index in [1.165, 1.54) is 18.4 Å². The molecule has 0 radical (unpaired) electrons. The number of anilines is 1. The first kappa shape index (κ1) is 18.5. The summed E-state index contributed by atoms with van der Waals surface area (Å²) in [5.41, 5.74) is 1.94. The second kappa shape index (κ2) is 8.91. The summed E-state index contributed by atoms with van der Waals surface area (Å²) in [5.74, 6) is 0.0779. The Labute approximate surface area is 160 Å². The zero-order chi connectivity index (χ0) is 19.1. The highest BCUT2D eigenvalue weighted by Gasteiger charge is 2.12. The lowest BCUT2D eigenvalue weighted by atomic mass is 10.2. The number of hydrogen-bond acceptors (Lipinski definition) is 6. The Morgan fingerprint density at radius 1 is 1.15 bits per heavy atom. The van der Waals surface area contributed by atoms with E-state index in [2.05, 4.69) is 20.6 Å². The first-order chi connectivity index (χ1) is 13.2. The van der Waals surface area contributed by atoms with Gasteiger partial charge in [0.2, 0.25) is 11.8 Å². The lowest BCUT2D eigenvalue weighted by Gasteiger charge is -2.07. The number of rotatable bonds is 7. The smallest absolute Gasteiger partial charge is 0.257 e. The number of carbonyl (C=O) groups is 2. The molecule has 2 amide bonds. The van der Waals surface area contributed by atoms with Crippen LogP contribution < -0.4 is 15.4 Å². The second-order valence-electron chi connectivity index (χ2n) is 5.59. The predicted octanol–water partition coefficient (Wildman–Crippen LogP) is 2.66. The topological polar surface area (TPSA) is 93.2 Å². The van der Waals surface area contributed by atoms with Crippen LogP contribution in [0, 0.1) is 0 Å². The lowest BCUT2D eigenvalue weighted by molar-refractivity contribution is -0.120. The Morgan fingerprint density at radius 2 is 1.96 bits per heavy atom. The molecule has 0 spiro atoms. The molecule has 7 nitrogen and oxygen atoms in total. The van der Waals surface area contributed by atoms with E-state index in [-0.39, 0.29) is 18.2 Å². The van der Waals surface area contributed by atoms with E-state index in [0.29, 0.717) is 28.8 Å². The third-order valence-electron chi connectivity index (χ3n) is 3.67. The number of benzene rings is 1. The fourth-order valence-corrected chi connectivity index (χ4v) is 3.07. The highest BCUT2D eigenvalue weighted by atomic mass is 32.1. The van der Waals surface area contributed by atoms with E-state index < -0.39 is 0 Å². The van der Waals surface area contributed by atoms with Gasteiger partial charge in [0.15, 0.2) is 5.13 Å². The van der Waals surface area contributed by atoms with E-state index in [9.17, 15) is 9.59 Å². The fraction of sp³-hybridized carbons (Fsp3) is 0.158. The summed E-state index contributed by atoms with van der Waals surface area (Å²) in [6.45, 7) is 0.317. The van der Waals surface area contributed by atoms with Crippen LogP contribution in [0.5, 0.6) is 5.88 Å². The van der Waals surface area contributed by atoms with E-state index >= 15 is 0 Å². The largest absolute Gasteiger partial charge is 0.481 e. The number of carbonyl (C=O) groups excluding carboxylic acids is 2. The zero-order valence-electron chi connectivity index (χ0n) is 14.6. The minimum absolute atomic E-state index is 0.125. The molecule has 0 saturated carbocycles. The molecule has 0 aliphatic carbocycles. The van der Waals surface area contributed by atoms with Crippen LogP contribution in [0.3, 0.4) is 0 Å². The van der Waals surface area contributed by atoms with Gasteiger partial charge in [-0.3, -0.25) is 14.9 Å². The van der Waals surface area contributed by atoms with Gasteiger partial charge in [0.1, 0.15) is 0 Å².